The van der Waals surface area contributed by atoms with Crippen LogP contribution in [0, 0.1) is 5.92 Å². The van der Waals surface area contributed by atoms with Gasteiger partial charge >= 0.3 is 0 Å². The second-order valence-electron chi connectivity index (χ2n) is 6.57. The normalized spacial score (nSPS) is 16.1. The van der Waals surface area contributed by atoms with Crippen LogP contribution >= 0.6 is 7.72 Å². The van der Waals surface area contributed by atoms with E-state index >= 15 is 0 Å². The molecule has 0 radical (unpaired) electrons. The van der Waals surface area contributed by atoms with Crippen LogP contribution in [0.1, 0.15) is 37.7 Å². The molecular weight excluding hydrogens is 327 g/mol. The summed E-state index contributed by atoms with van der Waals surface area (Å²) < 4.78 is 4.99. The van der Waals surface area contributed by atoms with Crippen molar-refractivity contribution < 1.29 is 19.3 Å². The monoisotopic (exact) mass is 355 g/mol. The molecule has 0 amide bonds. The molecule has 3 N–H and O–H groups in total. The van der Waals surface area contributed by atoms with E-state index in [1.165, 1.54) is 6.42 Å². The third-order valence-electron chi connectivity index (χ3n) is 4.36. The first kappa shape index (κ1) is 19.3. The van der Waals surface area contributed by atoms with E-state index in [1.54, 1.807) is 19.4 Å². The van der Waals surface area contributed by atoms with Gasteiger partial charge < -0.3 is 10.1 Å². The van der Waals surface area contributed by atoms with Gasteiger partial charge in [-0.15, -0.1) is 0 Å². The van der Waals surface area contributed by atoms with Gasteiger partial charge in [-0.05, 0) is 24.3 Å². The summed E-state index contributed by atoms with van der Waals surface area (Å²) in [7, 11) is -1.55. The number of nitrogens with one attached hydrogen (secondary N) is 1. The molecule has 1 heterocycles. The summed E-state index contributed by atoms with van der Waals surface area (Å²) >= 11 is 0. The van der Waals surface area contributed by atoms with Gasteiger partial charge in [-0.25, -0.2) is 14.8 Å². The van der Waals surface area contributed by atoms with Gasteiger partial charge in [-0.3, -0.25) is 4.79 Å². The maximum Gasteiger partial charge on any atom is 0.275 e. The summed E-state index contributed by atoms with van der Waals surface area (Å²) in [6, 6.07) is 3.64. The fourth-order valence-corrected chi connectivity index (χ4v) is 5.17. The van der Waals surface area contributed by atoms with E-state index in [9.17, 15) is 14.6 Å². The zero-order valence-corrected chi connectivity index (χ0v) is 15.2. The Labute approximate surface area is 144 Å². The SMILES string of the molecule is COc1ccc(CNCC(=O)C[P+](O)(O)CC2CCCCC2)cn1. The lowest BCUT2D eigenvalue weighted by molar-refractivity contribution is -0.116. The number of ketones is 1. The second kappa shape index (κ2) is 9.42. The van der Waals surface area contributed by atoms with E-state index in [2.05, 4.69) is 10.3 Å². The number of hydrogen-bond acceptors (Lipinski definition) is 6. The number of nitrogens with zero attached hydrogens (tertiary/aromatic N) is 1. The van der Waals surface area contributed by atoms with E-state index in [1.807, 2.05) is 6.07 Å². The molecule has 0 unspecified atom stereocenters. The smallest absolute Gasteiger partial charge is 0.275 e. The summed E-state index contributed by atoms with van der Waals surface area (Å²) in [6.07, 6.45) is 7.65. The lowest BCUT2D eigenvalue weighted by atomic mass is 9.91. The summed E-state index contributed by atoms with van der Waals surface area (Å²) in [5.41, 5.74) is 0.944. The van der Waals surface area contributed by atoms with Crippen LogP contribution in [0.4, 0.5) is 0 Å². The lowest BCUT2D eigenvalue weighted by Gasteiger charge is -2.23. The van der Waals surface area contributed by atoms with E-state index in [4.69, 9.17) is 4.74 Å². The van der Waals surface area contributed by atoms with Crippen LogP contribution in [-0.4, -0.2) is 46.5 Å². The average molecular weight is 355 g/mol. The van der Waals surface area contributed by atoms with E-state index in [-0.39, 0.29) is 18.5 Å². The first-order valence-corrected chi connectivity index (χ1v) is 10.6. The third-order valence-corrected chi connectivity index (χ3v) is 6.32. The lowest BCUT2D eigenvalue weighted by Crippen LogP contribution is -2.27. The Morgan fingerprint density at radius 1 is 1.33 bits per heavy atom. The van der Waals surface area contributed by atoms with Crippen LogP contribution in [0.15, 0.2) is 18.3 Å². The minimum Gasteiger partial charge on any atom is -0.481 e. The summed E-state index contributed by atoms with van der Waals surface area (Å²) in [5, 5.41) is 3.03. The van der Waals surface area contributed by atoms with Crippen molar-refractivity contribution in [2.24, 2.45) is 5.92 Å². The fourth-order valence-electron chi connectivity index (χ4n) is 3.17. The number of hydrogen-bond donors (Lipinski definition) is 3. The first-order valence-electron chi connectivity index (χ1n) is 8.52. The van der Waals surface area contributed by atoms with Crippen molar-refractivity contribution in [1.82, 2.24) is 10.3 Å². The Kier molecular flexibility index (Phi) is 7.56. The van der Waals surface area contributed by atoms with Crippen LogP contribution in [0.3, 0.4) is 0 Å². The number of methoxy groups -OCH3 is 1. The van der Waals surface area contributed by atoms with E-state index in [0.717, 1.165) is 31.2 Å². The molecule has 0 aliphatic heterocycles. The predicted octanol–water partition coefficient (Wildman–Crippen LogP) is 2.16. The maximum atomic E-state index is 12.0. The highest BCUT2D eigenvalue weighted by Gasteiger charge is 2.39. The molecule has 1 fully saturated rings. The molecule has 24 heavy (non-hydrogen) atoms. The quantitative estimate of drug-likeness (QED) is 0.588. The van der Waals surface area contributed by atoms with Crippen LogP contribution in [0.25, 0.3) is 0 Å². The number of pyridine rings is 1. The van der Waals surface area contributed by atoms with Gasteiger partial charge in [0.2, 0.25) is 5.88 Å². The molecule has 7 heteroatoms. The molecule has 1 aromatic rings. The van der Waals surface area contributed by atoms with Gasteiger partial charge in [0.1, 0.15) is 6.16 Å². The van der Waals surface area contributed by atoms with Gasteiger partial charge in [0, 0.05) is 18.8 Å². The number of aromatic nitrogens is 1. The second-order valence-corrected chi connectivity index (χ2v) is 9.01. The number of Topliss-reactive ketones (excluding diaryl/α,β-unsaturated/α-hetero) is 1. The zero-order chi connectivity index (χ0) is 17.4. The maximum absolute atomic E-state index is 12.0. The Bertz CT molecular complexity index is 516. The van der Waals surface area contributed by atoms with Crippen LogP contribution in [0.2, 0.25) is 0 Å². The molecule has 134 valence electrons. The van der Waals surface area contributed by atoms with E-state index < -0.39 is 7.72 Å². The van der Waals surface area contributed by atoms with Gasteiger partial charge in [-0.2, -0.15) is 0 Å². The number of carbonyl (C=O) groups excluding carboxylic acids is 1. The van der Waals surface area contributed by atoms with Crippen molar-refractivity contribution in [2.45, 2.75) is 38.6 Å². The highest BCUT2D eigenvalue weighted by atomic mass is 31.2. The molecule has 0 aromatic carbocycles. The van der Waals surface area contributed by atoms with Gasteiger partial charge in [-0.1, -0.05) is 25.3 Å². The molecule has 0 atom stereocenters. The molecule has 1 aliphatic rings. The molecule has 1 saturated carbocycles. The summed E-state index contributed by atoms with van der Waals surface area (Å²) in [5.74, 6) is 0.770. The Morgan fingerprint density at radius 3 is 2.71 bits per heavy atom. The Hall–Kier alpha value is -1.07. The largest absolute Gasteiger partial charge is 0.481 e. The molecular formula is C17H28N2O4P+. The number of carbonyl (C=O) groups is 1. The van der Waals surface area contributed by atoms with E-state index in [0.29, 0.717) is 24.5 Å². The van der Waals surface area contributed by atoms with Crippen molar-refractivity contribution in [2.75, 3.05) is 26.0 Å². The van der Waals surface area contributed by atoms with Gasteiger partial charge in [0.05, 0.1) is 13.7 Å². The fraction of sp³-hybridized carbons (Fsp3) is 0.647. The summed E-state index contributed by atoms with van der Waals surface area (Å²) in [4.78, 5) is 36.5. The molecule has 1 aliphatic carbocycles. The topological polar surface area (TPSA) is 91.7 Å². The van der Waals surface area contributed by atoms with Crippen molar-refractivity contribution >= 4 is 13.5 Å². The van der Waals surface area contributed by atoms with Crippen molar-refractivity contribution in [3.8, 4) is 5.88 Å². The predicted molar refractivity (Wildman–Crippen MR) is 95.2 cm³/mol. The Morgan fingerprint density at radius 2 is 2.08 bits per heavy atom. The van der Waals surface area contributed by atoms with Crippen molar-refractivity contribution in [1.29, 1.82) is 0 Å². The number of rotatable bonds is 9. The molecule has 1 aromatic heterocycles. The van der Waals surface area contributed by atoms with Crippen LogP contribution in [-0.2, 0) is 11.3 Å². The number of ether oxygens (including phenoxy) is 1. The van der Waals surface area contributed by atoms with Gasteiger partial charge in [0.25, 0.3) is 7.72 Å². The van der Waals surface area contributed by atoms with Crippen LogP contribution < -0.4 is 10.1 Å². The molecule has 6 nitrogen and oxygen atoms in total. The molecule has 0 spiro atoms. The van der Waals surface area contributed by atoms with Crippen molar-refractivity contribution in [3.63, 3.8) is 0 Å². The standard InChI is InChI=1S/C17H28N2O4P/c1-23-17-8-7-15(10-19-17)9-18-11-16(20)13-24(21,22)12-14-5-3-2-4-6-14/h7-8,10,14,18,21-22H,2-6,9,11-13H2,1H3/q+1. The highest BCUT2D eigenvalue weighted by Crippen LogP contribution is 2.52. The third kappa shape index (κ3) is 6.81. The van der Waals surface area contributed by atoms with Crippen LogP contribution in [0.5, 0.6) is 5.88 Å². The minimum atomic E-state index is -3.11. The van der Waals surface area contributed by atoms with Gasteiger partial charge in [0.15, 0.2) is 11.9 Å². The van der Waals surface area contributed by atoms with Crippen molar-refractivity contribution in [3.05, 3.63) is 23.9 Å². The Balaban J connectivity index is 1.69. The highest BCUT2D eigenvalue weighted by molar-refractivity contribution is 7.65. The molecule has 0 bridgehead atoms. The minimum absolute atomic E-state index is 0.114. The zero-order valence-electron chi connectivity index (χ0n) is 14.3. The molecule has 2 rings (SSSR count). The molecule has 0 saturated heterocycles. The first-order chi connectivity index (χ1) is 11.5. The summed E-state index contributed by atoms with van der Waals surface area (Å²) in [6.45, 7) is 0.646. The average Bonchev–Trinajstić information content (AvgIpc) is 2.55.